The molecule has 2 heterocycles. The summed E-state index contributed by atoms with van der Waals surface area (Å²) in [7, 11) is -7.85. The number of sulfonamides is 2. The molecule has 0 bridgehead atoms. The van der Waals surface area contributed by atoms with Gasteiger partial charge in [-0.2, -0.15) is 4.31 Å². The van der Waals surface area contributed by atoms with Crippen molar-refractivity contribution in [2.45, 2.75) is 54.2 Å². The van der Waals surface area contributed by atoms with E-state index < -0.39 is 25.9 Å². The van der Waals surface area contributed by atoms with E-state index in [4.69, 9.17) is 9.47 Å². The molecule has 2 fully saturated rings. The van der Waals surface area contributed by atoms with Gasteiger partial charge in [0.1, 0.15) is 5.82 Å². The van der Waals surface area contributed by atoms with Crippen LogP contribution in [0, 0.1) is 5.82 Å². The molecule has 0 radical (unpaired) electrons. The highest BCUT2D eigenvalue weighted by Gasteiger charge is 2.30. The van der Waals surface area contributed by atoms with Gasteiger partial charge in [0, 0.05) is 38.4 Å². The molecule has 34 heavy (non-hydrogen) atoms. The summed E-state index contributed by atoms with van der Waals surface area (Å²) >= 11 is 0. The fourth-order valence-corrected chi connectivity index (χ4v) is 6.63. The molecule has 2 aromatic carbocycles. The van der Waals surface area contributed by atoms with Gasteiger partial charge >= 0.3 is 0 Å². The number of ether oxygens (including phenoxy) is 2. The Morgan fingerprint density at radius 2 is 1.50 bits per heavy atom. The van der Waals surface area contributed by atoms with Crippen molar-refractivity contribution >= 4 is 20.0 Å². The van der Waals surface area contributed by atoms with E-state index >= 15 is 0 Å². The molecule has 2 saturated heterocycles. The summed E-state index contributed by atoms with van der Waals surface area (Å²) in [5.74, 6) is -0.492. The van der Waals surface area contributed by atoms with Crippen LogP contribution in [0.25, 0.3) is 0 Å². The Hall–Kier alpha value is -1.89. The van der Waals surface area contributed by atoms with Crippen molar-refractivity contribution in [3.8, 4) is 0 Å². The minimum atomic E-state index is -4.04. The van der Waals surface area contributed by atoms with Gasteiger partial charge in [0.05, 0.1) is 22.0 Å². The zero-order valence-corrected chi connectivity index (χ0v) is 20.4. The molecule has 2 aromatic rings. The van der Waals surface area contributed by atoms with Gasteiger partial charge in [0.2, 0.25) is 20.0 Å². The van der Waals surface area contributed by atoms with Crippen LogP contribution in [0.2, 0.25) is 0 Å². The van der Waals surface area contributed by atoms with Gasteiger partial charge in [0.25, 0.3) is 0 Å². The lowest BCUT2D eigenvalue weighted by molar-refractivity contribution is 0.0924. The molecule has 1 N–H and O–H groups in total. The van der Waals surface area contributed by atoms with Gasteiger partial charge in [-0.3, -0.25) is 0 Å². The first-order valence-corrected chi connectivity index (χ1v) is 14.2. The minimum Gasteiger partial charge on any atom is -0.377 e. The van der Waals surface area contributed by atoms with E-state index in [1.54, 1.807) is 18.2 Å². The van der Waals surface area contributed by atoms with Gasteiger partial charge in [-0.15, -0.1) is 0 Å². The van der Waals surface area contributed by atoms with Crippen molar-refractivity contribution in [3.05, 3.63) is 59.9 Å². The first kappa shape index (κ1) is 25.2. The molecule has 2 aliphatic heterocycles. The highest BCUT2D eigenvalue weighted by atomic mass is 32.2. The Morgan fingerprint density at radius 3 is 2.12 bits per heavy atom. The largest absolute Gasteiger partial charge is 0.377 e. The van der Waals surface area contributed by atoms with Crippen LogP contribution < -0.4 is 4.72 Å². The van der Waals surface area contributed by atoms with Gasteiger partial charge in [-0.25, -0.2) is 25.9 Å². The maximum Gasteiger partial charge on any atom is 0.243 e. The van der Waals surface area contributed by atoms with Crippen LogP contribution in [0.4, 0.5) is 4.39 Å². The fraction of sp³-hybridized carbons (Fsp3) is 0.478. The summed E-state index contributed by atoms with van der Waals surface area (Å²) in [5, 5.41) is 0. The topological polar surface area (TPSA) is 102 Å². The Morgan fingerprint density at radius 1 is 0.882 bits per heavy atom. The third-order valence-corrected chi connectivity index (χ3v) is 9.30. The number of halogens is 1. The quantitative estimate of drug-likeness (QED) is 0.525. The molecule has 11 heteroatoms. The molecule has 2 aliphatic rings. The summed E-state index contributed by atoms with van der Waals surface area (Å²) in [6, 6.07) is 11.1. The summed E-state index contributed by atoms with van der Waals surface area (Å²) in [6.45, 7) is 1.27. The number of nitrogens with zero attached hydrogens (tertiary/aromatic N) is 1. The van der Waals surface area contributed by atoms with Crippen LogP contribution in [0.15, 0.2) is 58.3 Å². The second kappa shape index (κ2) is 10.8. The average Bonchev–Trinajstić information content (AvgIpc) is 3.53. The van der Waals surface area contributed by atoms with Crippen LogP contribution in [0.1, 0.15) is 31.2 Å². The molecule has 0 amide bonds. The first-order valence-electron chi connectivity index (χ1n) is 11.3. The maximum atomic E-state index is 14.3. The Kier molecular flexibility index (Phi) is 8.01. The van der Waals surface area contributed by atoms with Crippen molar-refractivity contribution in [1.29, 1.82) is 0 Å². The molecule has 8 nitrogen and oxygen atoms in total. The van der Waals surface area contributed by atoms with Crippen molar-refractivity contribution in [2.24, 2.45) is 0 Å². The van der Waals surface area contributed by atoms with Crippen LogP contribution >= 0.6 is 0 Å². The molecular formula is C23H29FN2O6S2. The number of benzene rings is 2. The number of rotatable bonds is 10. The lowest BCUT2D eigenvalue weighted by Gasteiger charge is -2.25. The highest BCUT2D eigenvalue weighted by Crippen LogP contribution is 2.24. The van der Waals surface area contributed by atoms with Crippen molar-refractivity contribution in [3.63, 3.8) is 0 Å². The standard InChI is InChI=1S/C23H29FN2O6S2/c24-23-8-2-1-5-18(23)16-26(17-20-7-4-14-32-20)34(29,30)22-11-9-21(10-12-22)33(27,28)25-15-19-6-3-13-31-19/h1-2,5,8-12,19-20,25H,3-4,6-7,13-17H2/t19-,20-/m1/s1. The molecule has 0 spiro atoms. The second-order valence-corrected chi connectivity index (χ2v) is 12.2. The molecular weight excluding hydrogens is 483 g/mol. The molecule has 0 unspecified atom stereocenters. The highest BCUT2D eigenvalue weighted by molar-refractivity contribution is 7.89. The monoisotopic (exact) mass is 512 g/mol. The van der Waals surface area contributed by atoms with Gasteiger partial charge in [-0.05, 0) is 56.0 Å². The Bertz CT molecular complexity index is 1180. The van der Waals surface area contributed by atoms with Crippen molar-refractivity contribution in [2.75, 3.05) is 26.3 Å². The first-order chi connectivity index (χ1) is 16.3. The number of hydrogen-bond acceptors (Lipinski definition) is 6. The van der Waals surface area contributed by atoms with E-state index in [1.807, 2.05) is 0 Å². The van der Waals surface area contributed by atoms with Crippen molar-refractivity contribution in [1.82, 2.24) is 9.03 Å². The Balaban J connectivity index is 1.53. The smallest absolute Gasteiger partial charge is 0.243 e. The Labute approximate surface area is 200 Å². The molecule has 0 aliphatic carbocycles. The SMILES string of the molecule is O=S(=O)(NC[C@H]1CCCO1)c1ccc(S(=O)(=O)N(Cc2ccccc2F)C[C@H]2CCCO2)cc1. The molecule has 0 aromatic heterocycles. The summed E-state index contributed by atoms with van der Waals surface area (Å²) in [4.78, 5) is -0.107. The van der Waals surface area contributed by atoms with Crippen molar-refractivity contribution < 1.29 is 30.7 Å². The third-order valence-electron chi connectivity index (χ3n) is 6.03. The minimum absolute atomic E-state index is 0.0378. The van der Waals surface area contributed by atoms with E-state index in [1.165, 1.54) is 34.6 Å². The van der Waals surface area contributed by atoms with Crippen LogP contribution in [0.5, 0.6) is 0 Å². The molecule has 4 rings (SSSR count). The lowest BCUT2D eigenvalue weighted by atomic mass is 10.2. The molecule has 186 valence electrons. The van der Waals surface area contributed by atoms with Crippen LogP contribution in [-0.4, -0.2) is 59.7 Å². The third kappa shape index (κ3) is 6.02. The van der Waals surface area contributed by atoms with Crippen LogP contribution in [0.3, 0.4) is 0 Å². The van der Waals surface area contributed by atoms with E-state index in [9.17, 15) is 21.2 Å². The predicted molar refractivity (Wildman–Crippen MR) is 124 cm³/mol. The molecule has 2 atom stereocenters. The lowest BCUT2D eigenvalue weighted by Crippen LogP contribution is -2.37. The second-order valence-electron chi connectivity index (χ2n) is 8.48. The number of nitrogens with one attached hydrogen (secondary N) is 1. The summed E-state index contributed by atoms with van der Waals surface area (Å²) in [6.07, 6.45) is 2.82. The van der Waals surface area contributed by atoms with E-state index in [0.29, 0.717) is 13.2 Å². The average molecular weight is 513 g/mol. The number of hydrogen-bond donors (Lipinski definition) is 1. The summed E-state index contributed by atoms with van der Waals surface area (Å²) < 4.78 is 81.2. The zero-order chi connectivity index (χ0) is 24.2. The zero-order valence-electron chi connectivity index (χ0n) is 18.7. The maximum absolute atomic E-state index is 14.3. The van der Waals surface area contributed by atoms with Gasteiger partial charge in [0.15, 0.2) is 0 Å². The van der Waals surface area contributed by atoms with Crippen LogP contribution in [-0.2, 0) is 36.1 Å². The summed E-state index contributed by atoms with van der Waals surface area (Å²) in [5.41, 5.74) is 0.251. The van der Waals surface area contributed by atoms with E-state index in [2.05, 4.69) is 4.72 Å². The predicted octanol–water partition coefficient (Wildman–Crippen LogP) is 2.65. The fourth-order valence-electron chi connectivity index (χ4n) is 4.11. The normalized spacial score (nSPS) is 21.4. The van der Waals surface area contributed by atoms with E-state index in [0.717, 1.165) is 25.7 Å². The molecule has 0 saturated carbocycles. The van der Waals surface area contributed by atoms with Gasteiger partial charge < -0.3 is 9.47 Å². The van der Waals surface area contributed by atoms with E-state index in [-0.39, 0.29) is 47.2 Å². The van der Waals surface area contributed by atoms with Gasteiger partial charge in [-0.1, -0.05) is 18.2 Å².